The fraction of sp³-hybridized carbons (Fsp3) is 0.357. The molecular weight excluding hydrogens is 290 g/mol. The number of benzene rings is 1. The van der Waals surface area contributed by atoms with Crippen LogP contribution in [0, 0.1) is 0 Å². The standard InChI is InChI=1S/C14H17N3O5/c1-3-17-10-6-5-9(7-11(10)22-14(17)20)16-13(19)15-8-12(18)21-4-2/h5-7H,3-4,8H2,1-2H3,(H2,15,16,19). The van der Waals surface area contributed by atoms with Crippen molar-refractivity contribution in [2.75, 3.05) is 18.5 Å². The van der Waals surface area contributed by atoms with E-state index in [9.17, 15) is 14.4 Å². The van der Waals surface area contributed by atoms with Gasteiger partial charge >= 0.3 is 17.8 Å². The van der Waals surface area contributed by atoms with E-state index in [1.807, 2.05) is 6.92 Å². The Labute approximate surface area is 126 Å². The molecule has 0 saturated heterocycles. The molecule has 0 radical (unpaired) electrons. The lowest BCUT2D eigenvalue weighted by Crippen LogP contribution is -2.34. The summed E-state index contributed by atoms with van der Waals surface area (Å²) in [5.41, 5.74) is 1.49. The van der Waals surface area contributed by atoms with E-state index in [2.05, 4.69) is 10.6 Å². The zero-order valence-corrected chi connectivity index (χ0v) is 12.3. The average Bonchev–Trinajstić information content (AvgIpc) is 2.79. The Morgan fingerprint density at radius 2 is 2.09 bits per heavy atom. The van der Waals surface area contributed by atoms with E-state index < -0.39 is 17.8 Å². The predicted octanol–water partition coefficient (Wildman–Crippen LogP) is 1.30. The van der Waals surface area contributed by atoms with Crippen LogP contribution in [0.1, 0.15) is 13.8 Å². The van der Waals surface area contributed by atoms with Gasteiger partial charge < -0.3 is 19.8 Å². The van der Waals surface area contributed by atoms with Gasteiger partial charge in [0.05, 0.1) is 12.1 Å². The van der Waals surface area contributed by atoms with Gasteiger partial charge in [0.25, 0.3) is 0 Å². The van der Waals surface area contributed by atoms with Crippen molar-refractivity contribution < 1.29 is 18.7 Å². The number of hydrogen-bond acceptors (Lipinski definition) is 5. The van der Waals surface area contributed by atoms with Gasteiger partial charge in [0.1, 0.15) is 6.54 Å². The summed E-state index contributed by atoms with van der Waals surface area (Å²) in [6.07, 6.45) is 0. The summed E-state index contributed by atoms with van der Waals surface area (Å²) in [6, 6.07) is 4.33. The molecule has 8 heteroatoms. The SMILES string of the molecule is CCOC(=O)CNC(=O)Nc1ccc2c(c1)oc(=O)n2CC. The molecule has 2 aromatic rings. The van der Waals surface area contributed by atoms with Crippen molar-refractivity contribution in [1.29, 1.82) is 0 Å². The van der Waals surface area contributed by atoms with Crippen LogP contribution in [-0.2, 0) is 16.1 Å². The molecule has 0 aliphatic heterocycles. The molecule has 1 aromatic heterocycles. The number of rotatable bonds is 5. The normalized spacial score (nSPS) is 10.5. The maximum absolute atomic E-state index is 11.7. The quantitative estimate of drug-likeness (QED) is 0.810. The van der Waals surface area contributed by atoms with Crippen molar-refractivity contribution >= 4 is 28.8 Å². The van der Waals surface area contributed by atoms with E-state index in [1.165, 1.54) is 4.57 Å². The molecule has 0 spiro atoms. The molecule has 2 amide bonds. The monoisotopic (exact) mass is 307 g/mol. The van der Waals surface area contributed by atoms with Crippen LogP contribution in [-0.4, -0.2) is 29.7 Å². The molecule has 2 rings (SSSR count). The third kappa shape index (κ3) is 3.46. The number of nitrogens with one attached hydrogen (secondary N) is 2. The number of aromatic nitrogens is 1. The molecule has 0 unspecified atom stereocenters. The molecule has 2 N–H and O–H groups in total. The summed E-state index contributed by atoms with van der Waals surface area (Å²) in [6.45, 7) is 4.06. The first-order chi connectivity index (χ1) is 10.5. The van der Waals surface area contributed by atoms with Crippen molar-refractivity contribution in [3.05, 3.63) is 28.7 Å². The van der Waals surface area contributed by atoms with Crippen molar-refractivity contribution in [2.24, 2.45) is 0 Å². The largest absolute Gasteiger partial charge is 0.465 e. The highest BCUT2D eigenvalue weighted by Gasteiger charge is 2.10. The number of carbonyl (C=O) groups is 2. The summed E-state index contributed by atoms with van der Waals surface area (Å²) in [5.74, 6) is -0.958. The Bertz CT molecular complexity index is 747. The van der Waals surface area contributed by atoms with E-state index >= 15 is 0 Å². The number of anilines is 1. The van der Waals surface area contributed by atoms with Crippen molar-refractivity contribution in [2.45, 2.75) is 20.4 Å². The smallest absolute Gasteiger partial charge is 0.419 e. The van der Waals surface area contributed by atoms with Crippen LogP contribution >= 0.6 is 0 Å². The molecule has 22 heavy (non-hydrogen) atoms. The summed E-state index contributed by atoms with van der Waals surface area (Å²) < 4.78 is 11.3. The number of ether oxygens (including phenoxy) is 1. The first-order valence-corrected chi connectivity index (χ1v) is 6.89. The highest BCUT2D eigenvalue weighted by molar-refractivity contribution is 5.93. The highest BCUT2D eigenvalue weighted by atomic mass is 16.5. The molecule has 0 fully saturated rings. The number of esters is 1. The predicted molar refractivity (Wildman–Crippen MR) is 79.8 cm³/mol. The second-order valence-corrected chi connectivity index (χ2v) is 4.41. The van der Waals surface area contributed by atoms with Crippen LogP contribution in [0.15, 0.2) is 27.4 Å². The van der Waals surface area contributed by atoms with Crippen LogP contribution in [0.25, 0.3) is 11.1 Å². The van der Waals surface area contributed by atoms with Crippen LogP contribution in [0.3, 0.4) is 0 Å². The lowest BCUT2D eigenvalue weighted by Gasteiger charge is -2.07. The molecule has 0 bridgehead atoms. The van der Waals surface area contributed by atoms with E-state index in [4.69, 9.17) is 9.15 Å². The summed E-state index contributed by atoms with van der Waals surface area (Å²) >= 11 is 0. The number of urea groups is 1. The first-order valence-electron chi connectivity index (χ1n) is 6.89. The minimum atomic E-state index is -0.551. The Kier molecular flexibility index (Phi) is 4.82. The minimum absolute atomic E-state index is 0.219. The van der Waals surface area contributed by atoms with Gasteiger partial charge in [-0.1, -0.05) is 0 Å². The Morgan fingerprint density at radius 1 is 1.32 bits per heavy atom. The van der Waals surface area contributed by atoms with E-state index in [1.54, 1.807) is 25.1 Å². The lowest BCUT2D eigenvalue weighted by atomic mass is 10.3. The van der Waals surface area contributed by atoms with Gasteiger partial charge in [0.15, 0.2) is 5.58 Å². The first kappa shape index (κ1) is 15.6. The van der Waals surface area contributed by atoms with Crippen LogP contribution in [0.5, 0.6) is 0 Å². The van der Waals surface area contributed by atoms with Crippen LogP contribution < -0.4 is 16.4 Å². The zero-order valence-electron chi connectivity index (χ0n) is 12.3. The highest BCUT2D eigenvalue weighted by Crippen LogP contribution is 2.18. The van der Waals surface area contributed by atoms with Gasteiger partial charge in [-0.25, -0.2) is 9.59 Å². The van der Waals surface area contributed by atoms with Gasteiger partial charge in [-0.15, -0.1) is 0 Å². The topological polar surface area (TPSA) is 103 Å². The molecule has 1 heterocycles. The van der Waals surface area contributed by atoms with Crippen molar-refractivity contribution in [3.63, 3.8) is 0 Å². The molecule has 1 aromatic carbocycles. The van der Waals surface area contributed by atoms with Gasteiger partial charge in [-0.05, 0) is 26.0 Å². The summed E-state index contributed by atoms with van der Waals surface area (Å²) in [5, 5.41) is 4.92. The number of nitrogens with zero attached hydrogens (tertiary/aromatic N) is 1. The maximum Gasteiger partial charge on any atom is 0.419 e. The number of aryl methyl sites for hydroxylation is 1. The number of amides is 2. The van der Waals surface area contributed by atoms with Gasteiger partial charge in [-0.2, -0.15) is 0 Å². The van der Waals surface area contributed by atoms with E-state index in [0.29, 0.717) is 23.3 Å². The number of fused-ring (bicyclic) bond motifs is 1. The average molecular weight is 307 g/mol. The zero-order chi connectivity index (χ0) is 16.1. The number of carbonyl (C=O) groups excluding carboxylic acids is 2. The maximum atomic E-state index is 11.7. The Morgan fingerprint density at radius 3 is 2.77 bits per heavy atom. The summed E-state index contributed by atoms with van der Waals surface area (Å²) in [7, 11) is 0. The molecule has 118 valence electrons. The molecule has 0 aliphatic carbocycles. The van der Waals surface area contributed by atoms with Crippen molar-refractivity contribution in [3.8, 4) is 0 Å². The fourth-order valence-electron chi connectivity index (χ4n) is 1.98. The van der Waals surface area contributed by atoms with Gasteiger partial charge in [0.2, 0.25) is 0 Å². The molecule has 8 nitrogen and oxygen atoms in total. The Hall–Kier alpha value is -2.77. The number of oxazole rings is 1. The molecular formula is C14H17N3O5. The lowest BCUT2D eigenvalue weighted by molar-refractivity contribution is -0.141. The second-order valence-electron chi connectivity index (χ2n) is 4.41. The minimum Gasteiger partial charge on any atom is -0.465 e. The van der Waals surface area contributed by atoms with E-state index in [0.717, 1.165) is 0 Å². The van der Waals surface area contributed by atoms with Gasteiger partial charge in [0, 0.05) is 18.3 Å². The van der Waals surface area contributed by atoms with E-state index in [-0.39, 0.29) is 13.2 Å². The van der Waals surface area contributed by atoms with Gasteiger partial charge in [-0.3, -0.25) is 9.36 Å². The number of hydrogen-bond donors (Lipinski definition) is 2. The second kappa shape index (κ2) is 6.79. The fourth-order valence-corrected chi connectivity index (χ4v) is 1.98. The Balaban J connectivity index is 2.04. The molecule has 0 atom stereocenters. The van der Waals surface area contributed by atoms with Crippen LogP contribution in [0.4, 0.5) is 10.5 Å². The van der Waals surface area contributed by atoms with Crippen LogP contribution in [0.2, 0.25) is 0 Å². The molecule has 0 aliphatic rings. The third-order valence-electron chi connectivity index (χ3n) is 2.94. The third-order valence-corrected chi connectivity index (χ3v) is 2.94. The van der Waals surface area contributed by atoms with Crippen molar-refractivity contribution in [1.82, 2.24) is 9.88 Å². The molecule has 0 saturated carbocycles. The summed E-state index contributed by atoms with van der Waals surface area (Å²) in [4.78, 5) is 34.4.